The van der Waals surface area contributed by atoms with Gasteiger partial charge in [0.2, 0.25) is 5.91 Å². The van der Waals surface area contributed by atoms with Gasteiger partial charge in [-0.25, -0.2) is 4.79 Å². The molecule has 8 heteroatoms. The SMILES string of the molecule is O=C(CC(F)(F)F)Nc1cc(C(=O)O)ccc1Cl. The van der Waals surface area contributed by atoms with Crippen molar-refractivity contribution in [3.05, 3.63) is 28.8 Å². The van der Waals surface area contributed by atoms with Crippen molar-refractivity contribution in [1.82, 2.24) is 0 Å². The Morgan fingerprint density at radius 2 is 1.94 bits per heavy atom. The third-order valence-electron chi connectivity index (χ3n) is 1.85. The molecular weight excluding hydrogens is 275 g/mol. The van der Waals surface area contributed by atoms with E-state index in [0.29, 0.717) is 0 Å². The summed E-state index contributed by atoms with van der Waals surface area (Å²) in [4.78, 5) is 21.7. The van der Waals surface area contributed by atoms with Gasteiger partial charge in [0.25, 0.3) is 0 Å². The van der Waals surface area contributed by atoms with Crippen LogP contribution in [0.5, 0.6) is 0 Å². The van der Waals surface area contributed by atoms with Crippen LogP contribution in [0.25, 0.3) is 0 Å². The summed E-state index contributed by atoms with van der Waals surface area (Å²) in [6.07, 6.45) is -6.30. The van der Waals surface area contributed by atoms with Crippen LogP contribution in [0.2, 0.25) is 5.02 Å². The lowest BCUT2D eigenvalue weighted by Gasteiger charge is -2.09. The average molecular weight is 282 g/mol. The third kappa shape index (κ3) is 4.25. The topological polar surface area (TPSA) is 66.4 Å². The molecule has 1 aromatic carbocycles. The summed E-state index contributed by atoms with van der Waals surface area (Å²) in [5, 5.41) is 10.5. The van der Waals surface area contributed by atoms with Gasteiger partial charge in [-0.15, -0.1) is 0 Å². The molecule has 0 spiro atoms. The smallest absolute Gasteiger partial charge is 0.397 e. The van der Waals surface area contributed by atoms with E-state index in [1.54, 1.807) is 0 Å². The van der Waals surface area contributed by atoms with Gasteiger partial charge in [-0.3, -0.25) is 4.79 Å². The van der Waals surface area contributed by atoms with E-state index in [4.69, 9.17) is 16.7 Å². The summed E-state index contributed by atoms with van der Waals surface area (Å²) in [5.74, 6) is -2.59. The summed E-state index contributed by atoms with van der Waals surface area (Å²) in [7, 11) is 0. The number of alkyl halides is 3. The Morgan fingerprint density at radius 3 is 2.44 bits per heavy atom. The monoisotopic (exact) mass is 281 g/mol. The van der Waals surface area contributed by atoms with Gasteiger partial charge >= 0.3 is 12.1 Å². The van der Waals surface area contributed by atoms with Crippen LogP contribution in [0.4, 0.5) is 18.9 Å². The molecule has 0 aliphatic rings. The number of aromatic carboxylic acids is 1. The highest BCUT2D eigenvalue weighted by molar-refractivity contribution is 6.33. The minimum atomic E-state index is -4.64. The molecule has 0 aromatic heterocycles. The van der Waals surface area contributed by atoms with Crippen LogP contribution in [0, 0.1) is 0 Å². The molecule has 98 valence electrons. The molecule has 1 rings (SSSR count). The molecule has 0 saturated heterocycles. The molecule has 4 nitrogen and oxygen atoms in total. The molecule has 0 fully saturated rings. The van der Waals surface area contributed by atoms with Crippen molar-refractivity contribution in [1.29, 1.82) is 0 Å². The summed E-state index contributed by atoms with van der Waals surface area (Å²) in [6, 6.07) is 3.33. The maximum Gasteiger partial charge on any atom is 0.397 e. The maximum atomic E-state index is 11.9. The summed E-state index contributed by atoms with van der Waals surface area (Å²) < 4.78 is 35.8. The van der Waals surface area contributed by atoms with Gasteiger partial charge in [0.1, 0.15) is 6.42 Å². The van der Waals surface area contributed by atoms with Crippen LogP contribution in [0.15, 0.2) is 18.2 Å². The van der Waals surface area contributed by atoms with Gasteiger partial charge in [-0.05, 0) is 18.2 Å². The van der Waals surface area contributed by atoms with E-state index in [-0.39, 0.29) is 16.3 Å². The number of nitrogens with one attached hydrogen (secondary N) is 1. The predicted molar refractivity (Wildman–Crippen MR) is 57.7 cm³/mol. The standard InChI is InChI=1S/C10H7ClF3NO3/c11-6-2-1-5(9(17)18)3-7(6)15-8(16)4-10(12,13)14/h1-3H,4H2,(H,15,16)(H,17,18). The minimum Gasteiger partial charge on any atom is -0.478 e. The van der Waals surface area contributed by atoms with E-state index in [1.165, 1.54) is 12.1 Å². The van der Waals surface area contributed by atoms with Crippen molar-refractivity contribution in [2.24, 2.45) is 0 Å². The van der Waals surface area contributed by atoms with E-state index in [1.807, 2.05) is 5.32 Å². The molecule has 0 heterocycles. The first-order valence-electron chi connectivity index (χ1n) is 4.58. The molecule has 1 amide bonds. The van der Waals surface area contributed by atoms with Crippen LogP contribution < -0.4 is 5.32 Å². The second-order valence-electron chi connectivity index (χ2n) is 3.34. The Balaban J connectivity index is 2.87. The van der Waals surface area contributed by atoms with Crippen molar-refractivity contribution in [3.8, 4) is 0 Å². The van der Waals surface area contributed by atoms with E-state index in [9.17, 15) is 22.8 Å². The summed E-state index contributed by atoms with van der Waals surface area (Å²) in [6.45, 7) is 0. The molecule has 1 aromatic rings. The van der Waals surface area contributed by atoms with Gasteiger partial charge in [0.05, 0.1) is 16.3 Å². The lowest BCUT2D eigenvalue weighted by Crippen LogP contribution is -2.21. The fraction of sp³-hybridized carbons (Fsp3) is 0.200. The Bertz CT molecular complexity index is 488. The number of carboxylic acid groups (broad SMARTS) is 1. The molecule has 0 bridgehead atoms. The molecule has 0 aliphatic carbocycles. The zero-order chi connectivity index (χ0) is 13.9. The second kappa shape index (κ2) is 5.26. The van der Waals surface area contributed by atoms with Crippen LogP contribution >= 0.6 is 11.6 Å². The number of halogens is 4. The molecule has 18 heavy (non-hydrogen) atoms. The van der Waals surface area contributed by atoms with E-state index in [0.717, 1.165) is 6.07 Å². The number of hydrogen-bond donors (Lipinski definition) is 2. The molecule has 0 unspecified atom stereocenters. The Hall–Kier alpha value is -1.76. The van der Waals surface area contributed by atoms with E-state index in [2.05, 4.69) is 0 Å². The normalized spacial score (nSPS) is 11.1. The van der Waals surface area contributed by atoms with Gasteiger partial charge < -0.3 is 10.4 Å². The number of rotatable bonds is 3. The fourth-order valence-electron chi connectivity index (χ4n) is 1.13. The first kappa shape index (κ1) is 14.3. The molecule has 2 N–H and O–H groups in total. The minimum absolute atomic E-state index is 0.0458. The zero-order valence-corrected chi connectivity index (χ0v) is 9.47. The van der Waals surface area contributed by atoms with Crippen LogP contribution in [-0.2, 0) is 4.79 Å². The number of carbonyl (C=O) groups is 2. The van der Waals surface area contributed by atoms with Crippen molar-refractivity contribution in [2.45, 2.75) is 12.6 Å². The average Bonchev–Trinajstić information content (AvgIpc) is 2.18. The van der Waals surface area contributed by atoms with Crippen LogP contribution in [0.1, 0.15) is 16.8 Å². The van der Waals surface area contributed by atoms with Gasteiger partial charge in [-0.1, -0.05) is 11.6 Å². The number of benzene rings is 1. The zero-order valence-electron chi connectivity index (χ0n) is 8.71. The van der Waals surface area contributed by atoms with Crippen molar-refractivity contribution < 1.29 is 27.9 Å². The Morgan fingerprint density at radius 1 is 1.33 bits per heavy atom. The maximum absolute atomic E-state index is 11.9. The van der Waals surface area contributed by atoms with Gasteiger partial charge in [-0.2, -0.15) is 13.2 Å². The predicted octanol–water partition coefficient (Wildman–Crippen LogP) is 2.93. The number of carbonyl (C=O) groups excluding carboxylic acids is 1. The number of carboxylic acids is 1. The number of hydrogen-bond acceptors (Lipinski definition) is 2. The lowest BCUT2D eigenvalue weighted by atomic mass is 10.2. The fourth-order valence-corrected chi connectivity index (χ4v) is 1.30. The molecular formula is C10H7ClF3NO3. The quantitative estimate of drug-likeness (QED) is 0.895. The second-order valence-corrected chi connectivity index (χ2v) is 3.75. The molecule has 0 atom stereocenters. The highest BCUT2D eigenvalue weighted by atomic mass is 35.5. The van der Waals surface area contributed by atoms with Crippen LogP contribution in [-0.4, -0.2) is 23.2 Å². The largest absolute Gasteiger partial charge is 0.478 e. The molecule has 0 radical (unpaired) electrons. The van der Waals surface area contributed by atoms with Gasteiger partial charge in [0.15, 0.2) is 0 Å². The van der Waals surface area contributed by atoms with E-state index < -0.39 is 24.5 Å². The van der Waals surface area contributed by atoms with Crippen LogP contribution in [0.3, 0.4) is 0 Å². The molecule has 0 saturated carbocycles. The highest BCUT2D eigenvalue weighted by Crippen LogP contribution is 2.25. The first-order chi connectivity index (χ1) is 8.19. The van der Waals surface area contributed by atoms with Crippen molar-refractivity contribution in [2.75, 3.05) is 5.32 Å². The number of amides is 1. The van der Waals surface area contributed by atoms with E-state index >= 15 is 0 Å². The Kier molecular flexibility index (Phi) is 4.18. The molecule has 0 aliphatic heterocycles. The highest BCUT2D eigenvalue weighted by Gasteiger charge is 2.31. The van der Waals surface area contributed by atoms with Crippen molar-refractivity contribution in [3.63, 3.8) is 0 Å². The van der Waals surface area contributed by atoms with Gasteiger partial charge in [0, 0.05) is 0 Å². The lowest BCUT2D eigenvalue weighted by molar-refractivity contribution is -0.150. The number of anilines is 1. The third-order valence-corrected chi connectivity index (χ3v) is 2.18. The Labute approximate surface area is 104 Å². The summed E-state index contributed by atoms with van der Waals surface area (Å²) >= 11 is 5.63. The van der Waals surface area contributed by atoms with Crippen molar-refractivity contribution >= 4 is 29.2 Å². The summed E-state index contributed by atoms with van der Waals surface area (Å²) in [5.41, 5.74) is -0.368. The first-order valence-corrected chi connectivity index (χ1v) is 4.96.